The monoisotopic (exact) mass is 229 g/mol. The van der Waals surface area contributed by atoms with Gasteiger partial charge in [0.05, 0.1) is 13.2 Å². The van der Waals surface area contributed by atoms with Crippen molar-refractivity contribution in [3.05, 3.63) is 0 Å². The molecule has 0 aromatic heterocycles. The van der Waals surface area contributed by atoms with Gasteiger partial charge < -0.3 is 19.5 Å². The predicted octanol–water partition coefficient (Wildman–Crippen LogP) is -0.0554. The van der Waals surface area contributed by atoms with Gasteiger partial charge in [-0.2, -0.15) is 0 Å². The fourth-order valence-corrected chi connectivity index (χ4v) is 1.92. The highest BCUT2D eigenvalue weighted by Gasteiger charge is 2.24. The molecule has 2 aliphatic heterocycles. The van der Waals surface area contributed by atoms with Gasteiger partial charge in [0.1, 0.15) is 0 Å². The van der Waals surface area contributed by atoms with Crippen LogP contribution in [0.25, 0.3) is 0 Å². The largest absolute Gasteiger partial charge is 0.463 e. The van der Waals surface area contributed by atoms with Gasteiger partial charge in [-0.05, 0) is 18.8 Å². The molecule has 1 unspecified atom stereocenters. The SMILES string of the molecule is O=C(OCC1CCOCC1)C1CNCCO1. The quantitative estimate of drug-likeness (QED) is 0.687. The predicted molar refractivity (Wildman–Crippen MR) is 57.1 cm³/mol. The number of nitrogens with one attached hydrogen (secondary N) is 1. The molecular weight excluding hydrogens is 210 g/mol. The molecule has 2 heterocycles. The van der Waals surface area contributed by atoms with Gasteiger partial charge in [-0.25, -0.2) is 4.79 Å². The van der Waals surface area contributed by atoms with Gasteiger partial charge in [0.15, 0.2) is 6.10 Å². The van der Waals surface area contributed by atoms with Gasteiger partial charge in [0.25, 0.3) is 0 Å². The summed E-state index contributed by atoms with van der Waals surface area (Å²) in [4.78, 5) is 11.6. The van der Waals surface area contributed by atoms with Crippen molar-refractivity contribution >= 4 is 5.97 Å². The summed E-state index contributed by atoms with van der Waals surface area (Å²) in [5, 5.41) is 3.11. The van der Waals surface area contributed by atoms with Crippen molar-refractivity contribution < 1.29 is 19.0 Å². The number of carbonyl (C=O) groups excluding carboxylic acids is 1. The van der Waals surface area contributed by atoms with Crippen LogP contribution < -0.4 is 5.32 Å². The van der Waals surface area contributed by atoms with E-state index in [9.17, 15) is 4.79 Å². The van der Waals surface area contributed by atoms with Crippen LogP contribution in [0.2, 0.25) is 0 Å². The standard InChI is InChI=1S/C11H19NO4/c13-11(10-7-12-3-6-15-10)16-8-9-1-4-14-5-2-9/h9-10,12H,1-8H2. The van der Waals surface area contributed by atoms with Crippen LogP contribution in [0.1, 0.15) is 12.8 Å². The van der Waals surface area contributed by atoms with E-state index in [0.717, 1.165) is 32.6 Å². The van der Waals surface area contributed by atoms with Crippen molar-refractivity contribution in [1.82, 2.24) is 5.32 Å². The molecule has 92 valence electrons. The summed E-state index contributed by atoms with van der Waals surface area (Å²) >= 11 is 0. The Morgan fingerprint density at radius 3 is 2.81 bits per heavy atom. The molecule has 0 aromatic carbocycles. The smallest absolute Gasteiger partial charge is 0.336 e. The second-order valence-electron chi connectivity index (χ2n) is 4.25. The fraction of sp³-hybridized carbons (Fsp3) is 0.909. The highest BCUT2D eigenvalue weighted by molar-refractivity contribution is 5.75. The van der Waals surface area contributed by atoms with E-state index in [1.165, 1.54) is 0 Å². The maximum atomic E-state index is 11.6. The molecule has 0 aromatic rings. The van der Waals surface area contributed by atoms with Crippen molar-refractivity contribution in [3.63, 3.8) is 0 Å². The van der Waals surface area contributed by atoms with E-state index in [2.05, 4.69) is 5.32 Å². The van der Waals surface area contributed by atoms with Gasteiger partial charge in [-0.1, -0.05) is 0 Å². The van der Waals surface area contributed by atoms with Gasteiger partial charge >= 0.3 is 5.97 Å². The van der Waals surface area contributed by atoms with Crippen LogP contribution >= 0.6 is 0 Å². The Morgan fingerprint density at radius 1 is 1.31 bits per heavy atom. The van der Waals surface area contributed by atoms with E-state index in [1.54, 1.807) is 0 Å². The maximum Gasteiger partial charge on any atom is 0.336 e. The van der Waals surface area contributed by atoms with E-state index in [4.69, 9.17) is 14.2 Å². The van der Waals surface area contributed by atoms with Crippen molar-refractivity contribution in [2.24, 2.45) is 5.92 Å². The molecule has 0 spiro atoms. The van der Waals surface area contributed by atoms with Crippen LogP contribution in [0.3, 0.4) is 0 Å². The average molecular weight is 229 g/mol. The third-order valence-corrected chi connectivity index (χ3v) is 2.99. The lowest BCUT2D eigenvalue weighted by Gasteiger charge is -2.25. The Hall–Kier alpha value is -0.650. The van der Waals surface area contributed by atoms with Crippen LogP contribution in [-0.2, 0) is 19.0 Å². The maximum absolute atomic E-state index is 11.6. The molecule has 2 aliphatic rings. The zero-order valence-corrected chi connectivity index (χ0v) is 9.44. The zero-order chi connectivity index (χ0) is 11.2. The number of hydrogen-bond donors (Lipinski definition) is 1. The molecule has 0 amide bonds. The topological polar surface area (TPSA) is 56.8 Å². The Morgan fingerprint density at radius 2 is 2.12 bits per heavy atom. The summed E-state index contributed by atoms with van der Waals surface area (Å²) in [6.07, 6.45) is 1.54. The molecule has 5 nitrogen and oxygen atoms in total. The lowest BCUT2D eigenvalue weighted by molar-refractivity contribution is -0.160. The highest BCUT2D eigenvalue weighted by atomic mass is 16.6. The second-order valence-corrected chi connectivity index (χ2v) is 4.25. The number of esters is 1. The molecule has 2 rings (SSSR count). The summed E-state index contributed by atoms with van der Waals surface area (Å²) in [6.45, 7) is 4.02. The Bertz CT molecular complexity index is 222. The highest BCUT2D eigenvalue weighted by Crippen LogP contribution is 2.15. The van der Waals surface area contributed by atoms with Crippen LogP contribution in [-0.4, -0.2) is 51.6 Å². The zero-order valence-electron chi connectivity index (χ0n) is 9.44. The van der Waals surface area contributed by atoms with Crippen LogP contribution in [0.4, 0.5) is 0 Å². The molecule has 2 fully saturated rings. The molecule has 0 bridgehead atoms. The average Bonchev–Trinajstić information content (AvgIpc) is 2.38. The van der Waals surface area contributed by atoms with E-state index >= 15 is 0 Å². The van der Waals surface area contributed by atoms with E-state index in [1.807, 2.05) is 0 Å². The second kappa shape index (κ2) is 6.18. The molecule has 0 saturated carbocycles. The summed E-state index contributed by atoms with van der Waals surface area (Å²) in [6, 6.07) is 0. The number of hydrogen-bond acceptors (Lipinski definition) is 5. The first-order valence-corrected chi connectivity index (χ1v) is 5.93. The van der Waals surface area contributed by atoms with Crippen LogP contribution in [0.15, 0.2) is 0 Å². The van der Waals surface area contributed by atoms with Gasteiger partial charge in [0.2, 0.25) is 0 Å². The first-order valence-electron chi connectivity index (χ1n) is 5.93. The Labute approximate surface area is 95.4 Å². The lowest BCUT2D eigenvalue weighted by Crippen LogP contribution is -2.44. The summed E-state index contributed by atoms with van der Waals surface area (Å²) in [7, 11) is 0. The molecule has 1 N–H and O–H groups in total. The van der Waals surface area contributed by atoms with Crippen molar-refractivity contribution in [3.8, 4) is 0 Å². The number of carbonyl (C=O) groups is 1. The van der Waals surface area contributed by atoms with E-state index in [0.29, 0.717) is 25.7 Å². The molecule has 5 heteroatoms. The minimum atomic E-state index is -0.423. The number of rotatable bonds is 3. The number of morpholine rings is 1. The third kappa shape index (κ3) is 3.43. The van der Waals surface area contributed by atoms with E-state index < -0.39 is 6.10 Å². The fourth-order valence-electron chi connectivity index (χ4n) is 1.92. The first kappa shape index (κ1) is 11.8. The lowest BCUT2D eigenvalue weighted by atomic mass is 10.0. The minimum absolute atomic E-state index is 0.237. The number of ether oxygens (including phenoxy) is 3. The first-order chi connectivity index (χ1) is 7.86. The molecular formula is C11H19NO4. The van der Waals surface area contributed by atoms with Gasteiger partial charge in [-0.15, -0.1) is 0 Å². The van der Waals surface area contributed by atoms with Gasteiger partial charge in [0, 0.05) is 26.3 Å². The van der Waals surface area contributed by atoms with Crippen LogP contribution in [0.5, 0.6) is 0 Å². The molecule has 0 aliphatic carbocycles. The van der Waals surface area contributed by atoms with Crippen molar-refractivity contribution in [2.75, 3.05) is 39.5 Å². The molecule has 2 saturated heterocycles. The summed E-state index contributed by atoms with van der Waals surface area (Å²) in [5.74, 6) is 0.216. The van der Waals surface area contributed by atoms with Crippen LogP contribution in [0, 0.1) is 5.92 Å². The van der Waals surface area contributed by atoms with Crippen molar-refractivity contribution in [1.29, 1.82) is 0 Å². The van der Waals surface area contributed by atoms with Crippen molar-refractivity contribution in [2.45, 2.75) is 18.9 Å². The van der Waals surface area contributed by atoms with Gasteiger partial charge in [-0.3, -0.25) is 0 Å². The van der Waals surface area contributed by atoms with E-state index in [-0.39, 0.29) is 5.97 Å². The minimum Gasteiger partial charge on any atom is -0.463 e. The Kier molecular flexibility index (Phi) is 4.56. The molecule has 0 radical (unpaired) electrons. The third-order valence-electron chi connectivity index (χ3n) is 2.99. The normalized spacial score (nSPS) is 27.6. The molecule has 1 atom stereocenters. The summed E-state index contributed by atoms with van der Waals surface area (Å²) < 4.78 is 15.8. The molecule has 16 heavy (non-hydrogen) atoms. The Balaban J connectivity index is 1.65. The summed E-state index contributed by atoms with van der Waals surface area (Å²) in [5.41, 5.74) is 0.